The number of aromatic amines is 1. The van der Waals surface area contributed by atoms with Gasteiger partial charge in [0.1, 0.15) is 0 Å². The molecule has 0 aliphatic heterocycles. The summed E-state index contributed by atoms with van der Waals surface area (Å²) in [6.07, 6.45) is 4.05. The Balaban J connectivity index is 2.28. The van der Waals surface area contributed by atoms with Gasteiger partial charge in [0.25, 0.3) is 5.56 Å². The second-order valence-corrected chi connectivity index (χ2v) is 4.58. The average Bonchev–Trinajstić information content (AvgIpc) is 2.63. The summed E-state index contributed by atoms with van der Waals surface area (Å²) in [7, 11) is 0. The normalized spacial score (nSPS) is 14.4. The van der Waals surface area contributed by atoms with E-state index in [1.807, 2.05) is 0 Å². The minimum Gasteiger partial charge on any atom is -0.301 e. The van der Waals surface area contributed by atoms with Gasteiger partial charge < -0.3 is 4.98 Å². The highest BCUT2D eigenvalue weighted by atomic mass is 32.2. The number of nitrogens with one attached hydrogen (secondary N) is 1. The molecule has 0 radical (unpaired) electrons. The van der Waals surface area contributed by atoms with Gasteiger partial charge in [0.15, 0.2) is 5.16 Å². The molecule has 1 aliphatic carbocycles. The van der Waals surface area contributed by atoms with Crippen LogP contribution < -0.4 is 5.56 Å². The van der Waals surface area contributed by atoms with Gasteiger partial charge in [0.2, 0.25) is 0 Å². The van der Waals surface area contributed by atoms with Crippen LogP contribution in [0.15, 0.2) is 9.95 Å². The third-order valence-electron chi connectivity index (χ3n) is 2.36. The van der Waals surface area contributed by atoms with Crippen LogP contribution in [0.25, 0.3) is 0 Å². The maximum absolute atomic E-state index is 11.6. The van der Waals surface area contributed by atoms with Gasteiger partial charge in [-0.3, -0.25) is 4.79 Å². The lowest BCUT2D eigenvalue weighted by Crippen LogP contribution is -2.14. The van der Waals surface area contributed by atoms with Gasteiger partial charge in [-0.2, -0.15) is 0 Å². The van der Waals surface area contributed by atoms with Gasteiger partial charge in [0.05, 0.1) is 5.69 Å². The maximum Gasteiger partial charge on any atom is 0.254 e. The van der Waals surface area contributed by atoms with E-state index in [1.54, 1.807) is 11.8 Å². The van der Waals surface area contributed by atoms with Crippen molar-refractivity contribution in [2.75, 3.05) is 5.75 Å². The van der Waals surface area contributed by atoms with E-state index in [0.29, 0.717) is 0 Å². The van der Waals surface area contributed by atoms with E-state index >= 15 is 0 Å². The molecule has 1 aromatic rings. The summed E-state index contributed by atoms with van der Waals surface area (Å²) in [6.45, 7) is 2.12. The molecule has 1 heterocycles. The number of nitrogens with zero attached hydrogens (tertiary/aromatic N) is 1. The number of thioether (sulfide) groups is 1. The standard InChI is InChI=1S/C10H14N2OS/c1-2-6-14-10-11-8-5-3-4-7(8)9(13)12-10/h2-6H2,1H3,(H,11,12,13). The van der Waals surface area contributed by atoms with Crippen molar-refractivity contribution in [1.82, 2.24) is 9.97 Å². The summed E-state index contributed by atoms with van der Waals surface area (Å²) in [5.41, 5.74) is 2.00. The van der Waals surface area contributed by atoms with Crippen LogP contribution in [-0.2, 0) is 12.8 Å². The van der Waals surface area contributed by atoms with Crippen molar-refractivity contribution in [3.63, 3.8) is 0 Å². The van der Waals surface area contributed by atoms with Crippen LogP contribution >= 0.6 is 11.8 Å². The van der Waals surface area contributed by atoms with E-state index in [2.05, 4.69) is 16.9 Å². The lowest BCUT2D eigenvalue weighted by molar-refractivity contribution is 0.868. The summed E-state index contributed by atoms with van der Waals surface area (Å²) in [5, 5.41) is 0.789. The van der Waals surface area contributed by atoms with Crippen LogP contribution in [0, 0.1) is 0 Å². The predicted octanol–water partition coefficient (Wildman–Crippen LogP) is 1.76. The molecule has 0 amide bonds. The van der Waals surface area contributed by atoms with E-state index in [1.165, 1.54) is 0 Å². The first kappa shape index (κ1) is 9.77. The van der Waals surface area contributed by atoms with Gasteiger partial charge in [-0.05, 0) is 25.7 Å². The quantitative estimate of drug-likeness (QED) is 0.611. The lowest BCUT2D eigenvalue weighted by atomic mass is 10.3. The van der Waals surface area contributed by atoms with Gasteiger partial charge >= 0.3 is 0 Å². The fourth-order valence-electron chi connectivity index (χ4n) is 1.69. The third kappa shape index (κ3) is 1.85. The number of hydrogen-bond donors (Lipinski definition) is 1. The highest BCUT2D eigenvalue weighted by Gasteiger charge is 2.16. The van der Waals surface area contributed by atoms with Gasteiger partial charge in [-0.1, -0.05) is 18.7 Å². The maximum atomic E-state index is 11.6. The molecule has 1 aromatic heterocycles. The molecule has 1 N–H and O–H groups in total. The molecule has 0 fully saturated rings. The van der Waals surface area contributed by atoms with Crippen molar-refractivity contribution in [2.45, 2.75) is 37.8 Å². The van der Waals surface area contributed by atoms with E-state index in [9.17, 15) is 4.79 Å². The second kappa shape index (κ2) is 4.17. The molecule has 0 atom stereocenters. The first-order chi connectivity index (χ1) is 6.81. The molecule has 3 nitrogen and oxygen atoms in total. The van der Waals surface area contributed by atoms with E-state index in [0.717, 1.165) is 47.8 Å². The van der Waals surface area contributed by atoms with E-state index in [-0.39, 0.29) is 5.56 Å². The summed E-state index contributed by atoms with van der Waals surface area (Å²) < 4.78 is 0. The monoisotopic (exact) mass is 210 g/mol. The van der Waals surface area contributed by atoms with Crippen LogP contribution in [-0.4, -0.2) is 15.7 Å². The number of aryl methyl sites for hydroxylation is 1. The van der Waals surface area contributed by atoms with Crippen LogP contribution in [0.2, 0.25) is 0 Å². The largest absolute Gasteiger partial charge is 0.301 e. The Kier molecular flexibility index (Phi) is 2.91. The average molecular weight is 210 g/mol. The molecule has 4 heteroatoms. The number of aromatic nitrogens is 2. The summed E-state index contributed by atoms with van der Waals surface area (Å²) in [5.74, 6) is 1.02. The van der Waals surface area contributed by atoms with Crippen molar-refractivity contribution < 1.29 is 0 Å². The molecule has 1 aliphatic rings. The Morgan fingerprint density at radius 3 is 3.14 bits per heavy atom. The number of hydrogen-bond acceptors (Lipinski definition) is 3. The van der Waals surface area contributed by atoms with Crippen molar-refractivity contribution in [3.8, 4) is 0 Å². The number of rotatable bonds is 3. The molecule has 0 aromatic carbocycles. The van der Waals surface area contributed by atoms with E-state index < -0.39 is 0 Å². The van der Waals surface area contributed by atoms with E-state index in [4.69, 9.17) is 0 Å². The zero-order valence-corrected chi connectivity index (χ0v) is 9.12. The Morgan fingerprint density at radius 2 is 2.36 bits per heavy atom. The molecule has 76 valence electrons. The predicted molar refractivity (Wildman–Crippen MR) is 57.9 cm³/mol. The van der Waals surface area contributed by atoms with Crippen molar-refractivity contribution in [2.24, 2.45) is 0 Å². The molecule has 14 heavy (non-hydrogen) atoms. The highest BCUT2D eigenvalue weighted by Crippen LogP contribution is 2.19. The molecular formula is C10H14N2OS. The SMILES string of the molecule is CCCSc1nc2c(c(=O)[nH]1)CCC2. The van der Waals surface area contributed by atoms with Crippen molar-refractivity contribution in [1.29, 1.82) is 0 Å². The van der Waals surface area contributed by atoms with Gasteiger partial charge in [-0.25, -0.2) is 4.98 Å². The summed E-state index contributed by atoms with van der Waals surface area (Å²) >= 11 is 1.63. The second-order valence-electron chi connectivity index (χ2n) is 3.50. The molecule has 0 saturated carbocycles. The lowest BCUT2D eigenvalue weighted by Gasteiger charge is -2.01. The minimum absolute atomic E-state index is 0.0751. The summed E-state index contributed by atoms with van der Waals surface area (Å²) in [4.78, 5) is 18.9. The summed E-state index contributed by atoms with van der Waals surface area (Å²) in [6, 6.07) is 0. The molecule has 0 unspecified atom stereocenters. The molecular weight excluding hydrogens is 196 g/mol. The van der Waals surface area contributed by atoms with Gasteiger partial charge in [-0.15, -0.1) is 0 Å². The smallest absolute Gasteiger partial charge is 0.254 e. The molecule has 0 spiro atoms. The van der Waals surface area contributed by atoms with Gasteiger partial charge in [0, 0.05) is 11.3 Å². The zero-order valence-electron chi connectivity index (χ0n) is 8.30. The first-order valence-electron chi connectivity index (χ1n) is 5.06. The topological polar surface area (TPSA) is 45.8 Å². The molecule has 0 saturated heterocycles. The van der Waals surface area contributed by atoms with Crippen molar-refractivity contribution >= 4 is 11.8 Å². The molecule has 0 bridgehead atoms. The first-order valence-corrected chi connectivity index (χ1v) is 6.04. The third-order valence-corrected chi connectivity index (χ3v) is 3.44. The van der Waals surface area contributed by atoms with Crippen molar-refractivity contribution in [3.05, 3.63) is 21.6 Å². The highest BCUT2D eigenvalue weighted by molar-refractivity contribution is 7.99. The zero-order chi connectivity index (χ0) is 9.97. The molecule has 2 rings (SSSR count). The van der Waals surface area contributed by atoms with Crippen LogP contribution in [0.3, 0.4) is 0 Å². The van der Waals surface area contributed by atoms with Crippen LogP contribution in [0.1, 0.15) is 31.0 Å². The fourth-order valence-corrected chi connectivity index (χ4v) is 2.42. The Bertz CT molecular complexity index is 386. The van der Waals surface area contributed by atoms with Crippen LogP contribution in [0.4, 0.5) is 0 Å². The Morgan fingerprint density at radius 1 is 1.50 bits per heavy atom. The Hall–Kier alpha value is -0.770. The fraction of sp³-hybridized carbons (Fsp3) is 0.600. The van der Waals surface area contributed by atoms with Crippen LogP contribution in [0.5, 0.6) is 0 Å². The number of fused-ring (bicyclic) bond motifs is 1. The minimum atomic E-state index is 0.0751. The Labute approximate surface area is 87.3 Å². The number of H-pyrrole nitrogens is 1.